The molecule has 1 heterocycles. The molecule has 0 aliphatic carbocycles. The summed E-state index contributed by atoms with van der Waals surface area (Å²) in [6.45, 7) is 20.8. The molecule has 1 nitrogen and oxygen atoms in total. The van der Waals surface area contributed by atoms with Crippen LogP contribution in [0.3, 0.4) is 0 Å². The van der Waals surface area contributed by atoms with E-state index in [1.54, 1.807) is 0 Å². The van der Waals surface area contributed by atoms with Gasteiger partial charge >= 0.3 is 0 Å². The van der Waals surface area contributed by atoms with E-state index < -0.39 is 0 Å². The number of nitrogens with zero attached hydrogens (tertiary/aromatic N) is 1. The lowest BCUT2D eigenvalue weighted by molar-refractivity contribution is 0.00888. The van der Waals surface area contributed by atoms with Crippen molar-refractivity contribution >= 4 is 0 Å². The van der Waals surface area contributed by atoms with Crippen LogP contribution in [0.1, 0.15) is 51.4 Å². The van der Waals surface area contributed by atoms with Crippen molar-refractivity contribution < 1.29 is 0 Å². The zero-order valence-corrected chi connectivity index (χ0v) is 16.5. The van der Waals surface area contributed by atoms with Crippen LogP contribution >= 0.6 is 0 Å². The average molecular weight is 352 g/mol. The molecule has 0 aromatic rings. The zero-order chi connectivity index (χ0) is 19.3. The van der Waals surface area contributed by atoms with Crippen LogP contribution in [0, 0.1) is 0 Å². The largest absolute Gasteiger partial charge is 0.283 e. The Morgan fingerprint density at radius 1 is 0.769 bits per heavy atom. The van der Waals surface area contributed by atoms with Crippen molar-refractivity contribution in [3.05, 3.63) is 87.6 Å². The molecule has 0 amide bonds. The lowest BCUT2D eigenvalue weighted by atomic mass is 9.74. The van der Waals surface area contributed by atoms with Crippen molar-refractivity contribution in [2.75, 3.05) is 6.54 Å². The third-order valence-corrected chi connectivity index (χ3v) is 5.31. The fraction of sp³-hybridized carbons (Fsp3) is 0.440. The molecule has 0 unspecified atom stereocenters. The average Bonchev–Trinajstić information content (AvgIpc) is 2.61. The molecule has 0 saturated carbocycles. The van der Waals surface area contributed by atoms with Crippen LogP contribution in [-0.4, -0.2) is 22.5 Å². The van der Waals surface area contributed by atoms with Crippen LogP contribution in [0.4, 0.5) is 0 Å². The van der Waals surface area contributed by atoms with Gasteiger partial charge in [0.15, 0.2) is 0 Å². The van der Waals surface area contributed by atoms with Gasteiger partial charge in [0.1, 0.15) is 0 Å². The second kappa shape index (κ2) is 11.7. The van der Waals surface area contributed by atoms with Gasteiger partial charge in [-0.15, -0.1) is 32.9 Å². The number of allylic oxidation sites excluding steroid dienone is 2. The summed E-state index contributed by atoms with van der Waals surface area (Å²) in [5.41, 5.74) is -0.0467. The Morgan fingerprint density at radius 3 is 1.92 bits per heavy atom. The summed E-state index contributed by atoms with van der Waals surface area (Å²) < 4.78 is 0. The summed E-state index contributed by atoms with van der Waals surface area (Å²) in [5.74, 6) is 0. The van der Waals surface area contributed by atoms with E-state index in [0.29, 0.717) is 0 Å². The molecular weight excluding hydrogens is 314 g/mol. The summed E-state index contributed by atoms with van der Waals surface area (Å²) in [6.07, 6.45) is 27.6. The molecule has 0 spiro atoms. The van der Waals surface area contributed by atoms with E-state index in [-0.39, 0.29) is 11.1 Å². The zero-order valence-electron chi connectivity index (χ0n) is 16.5. The molecule has 142 valence electrons. The Hall–Kier alpha value is -1.86. The first-order valence-electron chi connectivity index (χ1n) is 9.79. The third-order valence-electron chi connectivity index (χ3n) is 5.31. The van der Waals surface area contributed by atoms with Crippen LogP contribution in [0.25, 0.3) is 0 Å². The highest BCUT2D eigenvalue weighted by Crippen LogP contribution is 2.43. The molecule has 0 aromatic heterocycles. The molecule has 1 aliphatic heterocycles. The predicted molar refractivity (Wildman–Crippen MR) is 118 cm³/mol. The maximum absolute atomic E-state index is 4.03. The summed E-state index contributed by atoms with van der Waals surface area (Å²) in [7, 11) is 0. The normalized spacial score (nSPS) is 18.5. The van der Waals surface area contributed by atoms with Gasteiger partial charge in [0.05, 0.1) is 0 Å². The first-order valence-corrected chi connectivity index (χ1v) is 9.79. The highest BCUT2D eigenvalue weighted by Gasteiger charge is 2.46. The molecule has 1 rings (SSSR count). The number of unbranched alkanes of at least 4 members (excludes halogenated alkanes) is 2. The molecule has 0 fully saturated rings. The summed E-state index contributed by atoms with van der Waals surface area (Å²) in [5, 5.41) is 0. The van der Waals surface area contributed by atoms with Crippen LogP contribution < -0.4 is 0 Å². The second-order valence-corrected chi connectivity index (χ2v) is 7.21. The lowest BCUT2D eigenvalue weighted by Crippen LogP contribution is -2.61. The molecule has 0 aromatic carbocycles. The molecule has 1 aliphatic rings. The van der Waals surface area contributed by atoms with Crippen LogP contribution in [0.5, 0.6) is 0 Å². The Balaban J connectivity index is 3.18. The van der Waals surface area contributed by atoms with Crippen molar-refractivity contribution in [1.82, 2.24) is 4.90 Å². The van der Waals surface area contributed by atoms with Crippen LogP contribution in [0.15, 0.2) is 87.6 Å². The van der Waals surface area contributed by atoms with Gasteiger partial charge in [-0.3, -0.25) is 4.90 Å². The Morgan fingerprint density at radius 2 is 1.38 bits per heavy atom. The summed E-state index contributed by atoms with van der Waals surface area (Å²) >= 11 is 0. The maximum atomic E-state index is 4.03. The fourth-order valence-electron chi connectivity index (χ4n) is 4.17. The second-order valence-electron chi connectivity index (χ2n) is 7.21. The van der Waals surface area contributed by atoms with Gasteiger partial charge in [-0.25, -0.2) is 0 Å². The minimum atomic E-state index is -0.0702. The van der Waals surface area contributed by atoms with Crippen molar-refractivity contribution in [3.8, 4) is 0 Å². The van der Waals surface area contributed by atoms with Crippen LogP contribution in [0.2, 0.25) is 0 Å². The van der Waals surface area contributed by atoms with Crippen LogP contribution in [-0.2, 0) is 0 Å². The molecule has 0 atom stereocenters. The Bertz CT molecular complexity index is 514. The first-order chi connectivity index (χ1) is 12.6. The maximum Gasteiger partial charge on any atom is 0.0469 e. The third kappa shape index (κ3) is 5.57. The number of hydrogen-bond acceptors (Lipinski definition) is 1. The smallest absolute Gasteiger partial charge is 0.0469 e. The van der Waals surface area contributed by atoms with Gasteiger partial charge in [0.25, 0.3) is 0 Å². The molecule has 0 N–H and O–H groups in total. The SMILES string of the molecule is C=CCCC/C=C/CN1C(CC=C)(CC=C)C=CCC1(CC=C)CC=C. The molecule has 26 heavy (non-hydrogen) atoms. The van der Waals surface area contributed by atoms with E-state index >= 15 is 0 Å². The van der Waals surface area contributed by atoms with Gasteiger partial charge in [0.2, 0.25) is 0 Å². The Labute approximate surface area is 161 Å². The van der Waals surface area contributed by atoms with Crippen molar-refractivity contribution in [3.63, 3.8) is 0 Å². The van der Waals surface area contributed by atoms with E-state index in [4.69, 9.17) is 0 Å². The monoisotopic (exact) mass is 351 g/mol. The highest BCUT2D eigenvalue weighted by molar-refractivity contribution is 5.24. The summed E-state index contributed by atoms with van der Waals surface area (Å²) in [6, 6.07) is 0. The van der Waals surface area contributed by atoms with Crippen molar-refractivity contribution in [2.24, 2.45) is 0 Å². The van der Waals surface area contributed by atoms with Gasteiger partial charge in [0, 0.05) is 17.6 Å². The van der Waals surface area contributed by atoms with E-state index in [1.165, 1.54) is 0 Å². The van der Waals surface area contributed by atoms with Gasteiger partial charge < -0.3 is 0 Å². The van der Waals surface area contributed by atoms with Gasteiger partial charge in [-0.1, -0.05) is 54.7 Å². The quantitative estimate of drug-likeness (QED) is 0.242. The van der Waals surface area contributed by atoms with E-state index in [9.17, 15) is 0 Å². The van der Waals surface area contributed by atoms with Gasteiger partial charge in [-0.2, -0.15) is 0 Å². The molecular formula is C25H37N. The number of hydrogen-bond donors (Lipinski definition) is 0. The van der Waals surface area contributed by atoms with E-state index in [1.807, 2.05) is 18.2 Å². The first kappa shape index (κ1) is 22.2. The standard InChI is InChI=1S/C25H37N/c1-6-11-12-13-14-15-23-26-24(17-7-2,18-8-3)21-16-22-25(26,19-9-4)20-10-5/h6-10,14-16,21H,1-5,11-13,17-20,22-23H2/b15-14+. The minimum absolute atomic E-state index is 0.0235. The van der Waals surface area contributed by atoms with Gasteiger partial charge in [-0.05, 0) is 51.4 Å². The molecule has 1 heteroatoms. The summed E-state index contributed by atoms with van der Waals surface area (Å²) in [4.78, 5) is 2.65. The molecule has 0 bridgehead atoms. The lowest BCUT2D eigenvalue weighted by Gasteiger charge is -2.55. The predicted octanol–water partition coefficient (Wildman–Crippen LogP) is 6.94. The topological polar surface area (TPSA) is 3.24 Å². The van der Waals surface area contributed by atoms with Crippen molar-refractivity contribution in [2.45, 2.75) is 62.4 Å². The highest BCUT2D eigenvalue weighted by atomic mass is 15.3. The molecule has 0 saturated heterocycles. The molecule has 0 radical (unpaired) electrons. The van der Waals surface area contributed by atoms with E-state index in [2.05, 4.69) is 74.3 Å². The Kier molecular flexibility index (Phi) is 9.98. The number of rotatable bonds is 14. The van der Waals surface area contributed by atoms with E-state index in [0.717, 1.165) is 57.9 Å². The minimum Gasteiger partial charge on any atom is -0.283 e. The fourth-order valence-corrected chi connectivity index (χ4v) is 4.17. The van der Waals surface area contributed by atoms with Crippen molar-refractivity contribution in [1.29, 1.82) is 0 Å².